The van der Waals surface area contributed by atoms with Crippen molar-refractivity contribution in [1.29, 1.82) is 0 Å². The van der Waals surface area contributed by atoms with Crippen molar-refractivity contribution in [3.05, 3.63) is 0 Å². The molecule has 0 bridgehead atoms. The van der Waals surface area contributed by atoms with Crippen molar-refractivity contribution in [2.24, 2.45) is 4.99 Å². The number of amidine groups is 1. The topological polar surface area (TPSA) is 41.9 Å². The summed E-state index contributed by atoms with van der Waals surface area (Å²) in [5, 5.41) is 0. The van der Waals surface area contributed by atoms with E-state index in [-0.39, 0.29) is 11.4 Å². The van der Waals surface area contributed by atoms with E-state index in [0.29, 0.717) is 13.2 Å². The van der Waals surface area contributed by atoms with Gasteiger partial charge in [0.2, 0.25) is 0 Å². The lowest BCUT2D eigenvalue weighted by atomic mass is 9.96. The first-order chi connectivity index (χ1) is 7.41. The molecule has 1 unspecified atom stereocenters. The minimum Gasteiger partial charge on any atom is -0.378 e. The number of nitrogens with zero attached hydrogens (tertiary/aromatic N) is 2. The van der Waals surface area contributed by atoms with Crippen LogP contribution in [0.5, 0.6) is 0 Å². The highest BCUT2D eigenvalue weighted by atomic mass is 16.5. The van der Waals surface area contributed by atoms with E-state index in [2.05, 4.69) is 4.99 Å². The number of hydrogen-bond donors (Lipinski definition) is 0. The summed E-state index contributed by atoms with van der Waals surface area (Å²) in [6.45, 7) is 9.27. The Balaban J connectivity index is 2.37. The van der Waals surface area contributed by atoms with Gasteiger partial charge in [-0.2, -0.15) is 0 Å². The lowest BCUT2D eigenvalue weighted by Crippen LogP contribution is -2.51. The normalized spacial score (nSPS) is 30.4. The molecule has 0 radical (unpaired) electrons. The lowest BCUT2D eigenvalue weighted by molar-refractivity contribution is -0.134. The third kappa shape index (κ3) is 1.56. The van der Waals surface area contributed by atoms with Crippen LogP contribution in [0.1, 0.15) is 40.5 Å². The van der Waals surface area contributed by atoms with Crippen molar-refractivity contribution in [2.45, 2.75) is 51.6 Å². The average Bonchev–Trinajstić information content (AvgIpc) is 2.74. The van der Waals surface area contributed by atoms with Crippen LogP contribution >= 0.6 is 0 Å². The standard InChI is InChI=1S/C12H20N2O2/c1-5-9-13-12(6-7-16-8-12)10(15)14(9)11(2,3)4/h5-8H2,1-4H3. The largest absolute Gasteiger partial charge is 0.378 e. The molecule has 0 aromatic rings. The zero-order valence-electron chi connectivity index (χ0n) is 10.5. The smallest absolute Gasteiger partial charge is 0.258 e. The number of carbonyl (C=O) groups excluding carboxylic acids is 1. The third-order valence-corrected chi connectivity index (χ3v) is 3.19. The quantitative estimate of drug-likeness (QED) is 0.679. The SMILES string of the molecule is CCC1=NC2(CCOC2)C(=O)N1C(C)(C)C. The summed E-state index contributed by atoms with van der Waals surface area (Å²) in [6, 6.07) is 0. The average molecular weight is 224 g/mol. The minimum atomic E-state index is -0.599. The van der Waals surface area contributed by atoms with Gasteiger partial charge in [-0.05, 0) is 20.8 Å². The first-order valence-electron chi connectivity index (χ1n) is 5.92. The molecule has 4 nitrogen and oxygen atoms in total. The molecule has 1 amide bonds. The number of ether oxygens (including phenoxy) is 1. The van der Waals surface area contributed by atoms with Gasteiger partial charge in [0.05, 0.1) is 6.61 Å². The number of carbonyl (C=O) groups is 1. The molecule has 0 aliphatic carbocycles. The van der Waals surface area contributed by atoms with Crippen LogP contribution in [0.2, 0.25) is 0 Å². The molecule has 1 atom stereocenters. The van der Waals surface area contributed by atoms with Gasteiger partial charge in [-0.25, -0.2) is 0 Å². The molecule has 16 heavy (non-hydrogen) atoms. The highest BCUT2D eigenvalue weighted by molar-refractivity contribution is 6.09. The van der Waals surface area contributed by atoms with Crippen molar-refractivity contribution in [3.8, 4) is 0 Å². The summed E-state index contributed by atoms with van der Waals surface area (Å²) in [5.74, 6) is 1.03. The molecule has 2 rings (SSSR count). The van der Waals surface area contributed by atoms with Gasteiger partial charge in [0.25, 0.3) is 5.91 Å². The molecule has 1 saturated heterocycles. The Labute approximate surface area is 96.7 Å². The zero-order valence-corrected chi connectivity index (χ0v) is 10.5. The Morgan fingerprint density at radius 1 is 1.50 bits per heavy atom. The van der Waals surface area contributed by atoms with Crippen LogP contribution < -0.4 is 0 Å². The second-order valence-electron chi connectivity index (χ2n) is 5.53. The van der Waals surface area contributed by atoms with Crippen LogP contribution in [0.15, 0.2) is 4.99 Å². The van der Waals surface area contributed by atoms with E-state index in [9.17, 15) is 4.79 Å². The Hall–Kier alpha value is -0.900. The summed E-state index contributed by atoms with van der Waals surface area (Å²) < 4.78 is 5.35. The van der Waals surface area contributed by atoms with E-state index in [1.165, 1.54) is 0 Å². The van der Waals surface area contributed by atoms with E-state index in [1.54, 1.807) is 0 Å². The third-order valence-electron chi connectivity index (χ3n) is 3.19. The molecule has 1 fully saturated rings. The molecule has 0 saturated carbocycles. The van der Waals surface area contributed by atoms with Gasteiger partial charge >= 0.3 is 0 Å². The van der Waals surface area contributed by atoms with Gasteiger partial charge in [-0.1, -0.05) is 6.92 Å². The van der Waals surface area contributed by atoms with Crippen LogP contribution in [0, 0.1) is 0 Å². The number of amides is 1. The van der Waals surface area contributed by atoms with E-state index in [4.69, 9.17) is 4.74 Å². The van der Waals surface area contributed by atoms with Gasteiger partial charge in [-0.15, -0.1) is 0 Å². The second-order valence-corrected chi connectivity index (χ2v) is 5.53. The van der Waals surface area contributed by atoms with Crippen molar-refractivity contribution in [3.63, 3.8) is 0 Å². The Bertz CT molecular complexity index is 335. The van der Waals surface area contributed by atoms with E-state index < -0.39 is 5.54 Å². The fourth-order valence-corrected chi connectivity index (χ4v) is 2.41. The predicted molar refractivity (Wildman–Crippen MR) is 62.5 cm³/mol. The molecule has 90 valence electrons. The number of aliphatic imine (C=N–C) groups is 1. The van der Waals surface area contributed by atoms with Gasteiger partial charge in [-0.3, -0.25) is 14.7 Å². The van der Waals surface area contributed by atoms with E-state index in [0.717, 1.165) is 18.7 Å². The van der Waals surface area contributed by atoms with Crippen LogP contribution in [0.25, 0.3) is 0 Å². The summed E-state index contributed by atoms with van der Waals surface area (Å²) in [6.07, 6.45) is 1.52. The van der Waals surface area contributed by atoms with Crippen LogP contribution in [0.4, 0.5) is 0 Å². The fraction of sp³-hybridized carbons (Fsp3) is 0.833. The maximum atomic E-state index is 12.5. The molecule has 0 aromatic heterocycles. The van der Waals surface area contributed by atoms with E-state index in [1.807, 2.05) is 32.6 Å². The maximum absolute atomic E-state index is 12.5. The molecule has 1 spiro atoms. The monoisotopic (exact) mass is 224 g/mol. The van der Waals surface area contributed by atoms with E-state index >= 15 is 0 Å². The molecule has 2 aliphatic heterocycles. The molecular formula is C12H20N2O2. The summed E-state index contributed by atoms with van der Waals surface area (Å²) in [4.78, 5) is 19.0. The summed E-state index contributed by atoms with van der Waals surface area (Å²) >= 11 is 0. The van der Waals surface area contributed by atoms with Crippen molar-refractivity contribution in [2.75, 3.05) is 13.2 Å². The first-order valence-corrected chi connectivity index (χ1v) is 5.92. The molecule has 2 heterocycles. The second kappa shape index (κ2) is 3.55. The summed E-state index contributed by atoms with van der Waals surface area (Å²) in [5.41, 5.74) is -0.795. The van der Waals surface area contributed by atoms with Crippen molar-refractivity contribution in [1.82, 2.24) is 4.90 Å². The van der Waals surface area contributed by atoms with Gasteiger partial charge in [0.1, 0.15) is 5.84 Å². The number of hydrogen-bond acceptors (Lipinski definition) is 3. The van der Waals surface area contributed by atoms with Gasteiger partial charge in [0.15, 0.2) is 5.54 Å². The van der Waals surface area contributed by atoms with Gasteiger partial charge in [0, 0.05) is 25.0 Å². The van der Waals surface area contributed by atoms with Crippen molar-refractivity contribution >= 4 is 11.7 Å². The molecule has 4 heteroatoms. The molecular weight excluding hydrogens is 204 g/mol. The van der Waals surface area contributed by atoms with Crippen LogP contribution in [0.3, 0.4) is 0 Å². The Morgan fingerprint density at radius 3 is 2.56 bits per heavy atom. The molecule has 0 N–H and O–H groups in total. The Morgan fingerprint density at radius 2 is 2.19 bits per heavy atom. The summed E-state index contributed by atoms with van der Waals surface area (Å²) in [7, 11) is 0. The van der Waals surface area contributed by atoms with Crippen molar-refractivity contribution < 1.29 is 9.53 Å². The molecule has 0 aromatic carbocycles. The number of rotatable bonds is 1. The maximum Gasteiger partial charge on any atom is 0.258 e. The highest BCUT2D eigenvalue weighted by Crippen LogP contribution is 2.35. The van der Waals surface area contributed by atoms with Crippen LogP contribution in [-0.2, 0) is 9.53 Å². The highest BCUT2D eigenvalue weighted by Gasteiger charge is 2.52. The van der Waals surface area contributed by atoms with Crippen LogP contribution in [-0.4, -0.2) is 40.9 Å². The Kier molecular flexibility index (Phi) is 2.57. The first kappa shape index (κ1) is 11.6. The fourth-order valence-electron chi connectivity index (χ4n) is 2.41. The predicted octanol–water partition coefficient (Wildman–Crippen LogP) is 1.59. The lowest BCUT2D eigenvalue weighted by Gasteiger charge is -2.34. The minimum absolute atomic E-state index is 0.120. The molecule has 2 aliphatic rings. The van der Waals surface area contributed by atoms with Gasteiger partial charge < -0.3 is 4.74 Å². The zero-order chi connectivity index (χ0) is 12.0.